The SMILES string of the molecule is O=C(CSc1nc2ccccc2c(=O)n1Cc1ccccc1Cl)N1CCCCC1. The van der Waals surface area contributed by atoms with Crippen LogP contribution in [-0.2, 0) is 11.3 Å². The van der Waals surface area contributed by atoms with E-state index in [9.17, 15) is 9.59 Å². The molecule has 7 heteroatoms. The number of carbonyl (C=O) groups is 1. The molecular formula is C22H22ClN3O2S. The van der Waals surface area contributed by atoms with Crippen molar-refractivity contribution < 1.29 is 4.79 Å². The highest BCUT2D eigenvalue weighted by Crippen LogP contribution is 2.22. The molecule has 4 rings (SSSR count). The number of fused-ring (bicyclic) bond motifs is 1. The zero-order chi connectivity index (χ0) is 20.2. The third kappa shape index (κ3) is 4.49. The maximum Gasteiger partial charge on any atom is 0.262 e. The molecule has 0 spiro atoms. The van der Waals surface area contributed by atoms with Gasteiger partial charge in [0.15, 0.2) is 5.16 Å². The van der Waals surface area contributed by atoms with Gasteiger partial charge in [-0.1, -0.05) is 53.7 Å². The van der Waals surface area contributed by atoms with Gasteiger partial charge in [0, 0.05) is 18.1 Å². The summed E-state index contributed by atoms with van der Waals surface area (Å²) in [5.74, 6) is 0.370. The Morgan fingerprint density at radius 2 is 1.76 bits per heavy atom. The van der Waals surface area contributed by atoms with Crippen LogP contribution < -0.4 is 5.56 Å². The lowest BCUT2D eigenvalue weighted by atomic mass is 10.1. The zero-order valence-electron chi connectivity index (χ0n) is 16.0. The molecule has 3 aromatic rings. The first-order valence-electron chi connectivity index (χ1n) is 9.77. The number of thioether (sulfide) groups is 1. The van der Waals surface area contributed by atoms with E-state index in [1.54, 1.807) is 10.6 Å². The van der Waals surface area contributed by atoms with Gasteiger partial charge >= 0.3 is 0 Å². The van der Waals surface area contributed by atoms with Gasteiger partial charge in [-0.15, -0.1) is 0 Å². The average Bonchev–Trinajstić information content (AvgIpc) is 2.76. The molecule has 0 N–H and O–H groups in total. The van der Waals surface area contributed by atoms with Crippen LogP contribution in [0.15, 0.2) is 58.5 Å². The van der Waals surface area contributed by atoms with E-state index in [1.165, 1.54) is 18.2 Å². The summed E-state index contributed by atoms with van der Waals surface area (Å²) in [7, 11) is 0. The summed E-state index contributed by atoms with van der Waals surface area (Å²) in [5, 5.41) is 1.71. The molecule has 0 saturated carbocycles. The van der Waals surface area contributed by atoms with Crippen LogP contribution in [0.5, 0.6) is 0 Å². The fourth-order valence-electron chi connectivity index (χ4n) is 3.56. The number of nitrogens with zero attached hydrogens (tertiary/aromatic N) is 3. The number of hydrogen-bond acceptors (Lipinski definition) is 4. The Labute approximate surface area is 178 Å². The lowest BCUT2D eigenvalue weighted by Crippen LogP contribution is -2.37. The number of carbonyl (C=O) groups excluding carboxylic acids is 1. The molecule has 2 aromatic carbocycles. The largest absolute Gasteiger partial charge is 0.342 e. The number of halogens is 1. The van der Waals surface area contributed by atoms with Crippen molar-refractivity contribution in [3.05, 3.63) is 69.5 Å². The van der Waals surface area contributed by atoms with E-state index in [-0.39, 0.29) is 17.2 Å². The molecule has 1 fully saturated rings. The fourth-order valence-corrected chi connectivity index (χ4v) is 4.65. The molecule has 29 heavy (non-hydrogen) atoms. The van der Waals surface area contributed by atoms with Gasteiger partial charge < -0.3 is 4.90 Å². The number of hydrogen-bond donors (Lipinski definition) is 0. The molecule has 0 radical (unpaired) electrons. The van der Waals surface area contributed by atoms with Crippen molar-refractivity contribution in [2.24, 2.45) is 0 Å². The monoisotopic (exact) mass is 427 g/mol. The summed E-state index contributed by atoms with van der Waals surface area (Å²) in [5.41, 5.74) is 1.36. The van der Waals surface area contributed by atoms with E-state index in [0.29, 0.717) is 27.6 Å². The molecule has 150 valence electrons. The zero-order valence-corrected chi connectivity index (χ0v) is 17.6. The van der Waals surface area contributed by atoms with Crippen LogP contribution in [0.25, 0.3) is 10.9 Å². The minimum absolute atomic E-state index is 0.0985. The standard InChI is InChI=1S/C22H22ClN3O2S/c23-18-10-4-2-8-16(18)14-26-21(28)17-9-3-5-11-19(17)24-22(26)29-15-20(27)25-12-6-1-7-13-25/h2-5,8-11H,1,6-7,12-15H2. The molecule has 0 bridgehead atoms. The Morgan fingerprint density at radius 1 is 1.03 bits per heavy atom. The van der Waals surface area contributed by atoms with Gasteiger partial charge in [0.25, 0.3) is 5.56 Å². The molecule has 1 amide bonds. The molecule has 5 nitrogen and oxygen atoms in total. The first-order chi connectivity index (χ1) is 14.1. The summed E-state index contributed by atoms with van der Waals surface area (Å²) >= 11 is 7.64. The first-order valence-corrected chi connectivity index (χ1v) is 11.1. The van der Waals surface area contributed by atoms with Crippen LogP contribution in [0.2, 0.25) is 5.02 Å². The summed E-state index contributed by atoms with van der Waals surface area (Å²) < 4.78 is 1.62. The van der Waals surface area contributed by atoms with Crippen LogP contribution in [0.3, 0.4) is 0 Å². The van der Waals surface area contributed by atoms with E-state index >= 15 is 0 Å². The maximum atomic E-state index is 13.2. The summed E-state index contributed by atoms with van der Waals surface area (Å²) in [6.07, 6.45) is 3.30. The van der Waals surface area contributed by atoms with Gasteiger partial charge in [-0.2, -0.15) is 0 Å². The lowest BCUT2D eigenvalue weighted by molar-refractivity contribution is -0.129. The third-order valence-corrected chi connectivity index (χ3v) is 6.48. The van der Waals surface area contributed by atoms with Gasteiger partial charge in [-0.05, 0) is 43.0 Å². The second-order valence-corrected chi connectivity index (χ2v) is 8.47. The summed E-state index contributed by atoms with van der Waals surface area (Å²) in [4.78, 5) is 32.4. The molecule has 1 aliphatic rings. The first kappa shape index (κ1) is 20.0. The number of likely N-dealkylation sites (tertiary alicyclic amines) is 1. The van der Waals surface area contributed by atoms with Gasteiger partial charge in [-0.25, -0.2) is 4.98 Å². The predicted octanol–water partition coefficient (Wildman–Crippen LogP) is 4.20. The molecule has 1 aromatic heterocycles. The number of para-hydroxylation sites is 1. The van der Waals surface area contributed by atoms with Crippen molar-refractivity contribution in [1.82, 2.24) is 14.5 Å². The number of benzene rings is 2. The van der Waals surface area contributed by atoms with Gasteiger partial charge in [0.1, 0.15) is 0 Å². The van der Waals surface area contributed by atoms with Crippen molar-refractivity contribution in [2.75, 3.05) is 18.8 Å². The fraction of sp³-hybridized carbons (Fsp3) is 0.318. The van der Waals surface area contributed by atoms with Gasteiger partial charge in [0.05, 0.1) is 23.2 Å². The smallest absolute Gasteiger partial charge is 0.262 e. The minimum Gasteiger partial charge on any atom is -0.342 e. The normalized spacial score (nSPS) is 14.3. The quantitative estimate of drug-likeness (QED) is 0.452. The highest BCUT2D eigenvalue weighted by atomic mass is 35.5. The number of piperidine rings is 1. The Hall–Kier alpha value is -2.31. The van der Waals surface area contributed by atoms with E-state index in [2.05, 4.69) is 0 Å². The summed E-state index contributed by atoms with van der Waals surface area (Å²) in [6, 6.07) is 14.8. The van der Waals surface area contributed by atoms with Crippen molar-refractivity contribution in [3.63, 3.8) is 0 Å². The molecular weight excluding hydrogens is 406 g/mol. The second-order valence-electron chi connectivity index (χ2n) is 7.12. The molecule has 0 unspecified atom stereocenters. The number of amides is 1. The van der Waals surface area contributed by atoms with E-state index in [4.69, 9.17) is 16.6 Å². The molecule has 0 aliphatic carbocycles. The van der Waals surface area contributed by atoms with Crippen LogP contribution in [-0.4, -0.2) is 39.2 Å². The average molecular weight is 428 g/mol. The van der Waals surface area contributed by atoms with Crippen LogP contribution in [0.4, 0.5) is 0 Å². The number of aromatic nitrogens is 2. The van der Waals surface area contributed by atoms with Crippen molar-refractivity contribution in [3.8, 4) is 0 Å². The third-order valence-electron chi connectivity index (χ3n) is 5.15. The highest BCUT2D eigenvalue weighted by Gasteiger charge is 2.19. The highest BCUT2D eigenvalue weighted by molar-refractivity contribution is 7.99. The summed E-state index contributed by atoms with van der Waals surface area (Å²) in [6.45, 7) is 1.95. The van der Waals surface area contributed by atoms with Crippen LogP contribution in [0.1, 0.15) is 24.8 Å². The van der Waals surface area contributed by atoms with Crippen LogP contribution >= 0.6 is 23.4 Å². The molecule has 2 heterocycles. The maximum absolute atomic E-state index is 13.2. The topological polar surface area (TPSA) is 55.2 Å². The van der Waals surface area contributed by atoms with Crippen molar-refractivity contribution >= 4 is 40.2 Å². The Kier molecular flexibility index (Phi) is 6.21. The van der Waals surface area contributed by atoms with Crippen molar-refractivity contribution in [2.45, 2.75) is 31.0 Å². The Balaban J connectivity index is 1.66. The molecule has 1 aliphatic heterocycles. The van der Waals surface area contributed by atoms with Crippen LogP contribution in [0, 0.1) is 0 Å². The van der Waals surface area contributed by atoms with E-state index in [0.717, 1.165) is 31.5 Å². The van der Waals surface area contributed by atoms with Crippen molar-refractivity contribution in [1.29, 1.82) is 0 Å². The van der Waals surface area contributed by atoms with Gasteiger partial charge in [0.2, 0.25) is 5.91 Å². The minimum atomic E-state index is -0.122. The molecule has 1 saturated heterocycles. The number of rotatable bonds is 5. The molecule has 0 atom stereocenters. The lowest BCUT2D eigenvalue weighted by Gasteiger charge is -2.26. The van der Waals surface area contributed by atoms with E-state index in [1.807, 2.05) is 47.4 Å². The Bertz CT molecular complexity index is 1090. The predicted molar refractivity (Wildman–Crippen MR) is 118 cm³/mol. The second kappa shape index (κ2) is 9.01. The van der Waals surface area contributed by atoms with E-state index < -0.39 is 0 Å². The Morgan fingerprint density at radius 3 is 2.55 bits per heavy atom. The van der Waals surface area contributed by atoms with Gasteiger partial charge in [-0.3, -0.25) is 14.2 Å².